The number of halogens is 3. The smallest absolute Gasteiger partial charge is 0.0410 e. The van der Waals surface area contributed by atoms with Crippen LogP contribution in [-0.4, -0.2) is 0 Å². The van der Waals surface area contributed by atoms with Gasteiger partial charge < -0.3 is 0 Å². The SMILES string of the molecule is Sc1c(Br)[c]c(Br)cc1Br. The molecule has 1 aromatic rings. The average molecular weight is 346 g/mol. The van der Waals surface area contributed by atoms with Gasteiger partial charge in [0, 0.05) is 24.4 Å². The van der Waals surface area contributed by atoms with Crippen LogP contribution < -0.4 is 0 Å². The van der Waals surface area contributed by atoms with Gasteiger partial charge in [-0.15, -0.1) is 12.6 Å². The summed E-state index contributed by atoms with van der Waals surface area (Å²) in [5.74, 6) is 0. The van der Waals surface area contributed by atoms with Gasteiger partial charge in [0.15, 0.2) is 0 Å². The van der Waals surface area contributed by atoms with Crippen molar-refractivity contribution in [2.75, 3.05) is 0 Å². The Morgan fingerprint density at radius 2 is 1.90 bits per heavy atom. The normalized spacial score (nSPS) is 10.0. The van der Waals surface area contributed by atoms with E-state index in [1.165, 1.54) is 0 Å². The zero-order chi connectivity index (χ0) is 7.72. The van der Waals surface area contributed by atoms with Crippen LogP contribution in [0.2, 0.25) is 0 Å². The Morgan fingerprint density at radius 1 is 1.30 bits per heavy atom. The van der Waals surface area contributed by atoms with Gasteiger partial charge in [-0.25, -0.2) is 0 Å². The summed E-state index contributed by atoms with van der Waals surface area (Å²) in [5, 5.41) is 0. The maximum absolute atomic E-state index is 4.21. The lowest BCUT2D eigenvalue weighted by molar-refractivity contribution is 1.34. The minimum Gasteiger partial charge on any atom is -0.141 e. The molecule has 0 saturated carbocycles. The van der Waals surface area contributed by atoms with Crippen LogP contribution in [0, 0.1) is 6.07 Å². The lowest BCUT2D eigenvalue weighted by atomic mass is 10.4. The van der Waals surface area contributed by atoms with Gasteiger partial charge >= 0.3 is 0 Å². The second-order valence-corrected chi connectivity index (χ2v) is 4.58. The van der Waals surface area contributed by atoms with E-state index in [4.69, 9.17) is 0 Å². The highest BCUT2D eigenvalue weighted by Gasteiger charge is 2.01. The summed E-state index contributed by atoms with van der Waals surface area (Å²) in [6.45, 7) is 0. The Bertz CT molecular complexity index is 236. The Labute approximate surface area is 90.2 Å². The van der Waals surface area contributed by atoms with Crippen molar-refractivity contribution in [3.63, 3.8) is 0 Å². The molecule has 0 saturated heterocycles. The Morgan fingerprint density at radius 3 is 2.40 bits per heavy atom. The van der Waals surface area contributed by atoms with E-state index < -0.39 is 0 Å². The zero-order valence-electron chi connectivity index (χ0n) is 4.66. The van der Waals surface area contributed by atoms with Crippen LogP contribution in [0.1, 0.15) is 0 Å². The van der Waals surface area contributed by atoms with Gasteiger partial charge in [-0.05, 0) is 37.9 Å². The number of hydrogen-bond donors (Lipinski definition) is 1. The molecule has 0 amide bonds. The second-order valence-electron chi connectivity index (χ2n) is 1.63. The molecule has 4 heteroatoms. The van der Waals surface area contributed by atoms with E-state index >= 15 is 0 Å². The molecule has 0 aliphatic rings. The van der Waals surface area contributed by atoms with Gasteiger partial charge in [-0.3, -0.25) is 0 Å². The van der Waals surface area contributed by atoms with Crippen molar-refractivity contribution in [1.29, 1.82) is 0 Å². The fourth-order valence-corrected chi connectivity index (χ4v) is 2.73. The lowest BCUT2D eigenvalue weighted by Gasteiger charge is -1.99. The van der Waals surface area contributed by atoms with E-state index in [0.717, 1.165) is 18.3 Å². The average Bonchev–Trinajstić information content (AvgIpc) is 1.82. The highest BCUT2D eigenvalue weighted by atomic mass is 79.9. The monoisotopic (exact) mass is 343 g/mol. The molecule has 0 aliphatic carbocycles. The minimum atomic E-state index is 0.858. The summed E-state index contributed by atoms with van der Waals surface area (Å²) >= 11 is 14.2. The summed E-state index contributed by atoms with van der Waals surface area (Å²) in [6, 6.07) is 4.90. The Balaban J connectivity index is 3.31. The molecule has 0 aromatic heterocycles. The van der Waals surface area contributed by atoms with Crippen LogP contribution in [0.4, 0.5) is 0 Å². The van der Waals surface area contributed by atoms with E-state index in [-0.39, 0.29) is 0 Å². The molecule has 10 heavy (non-hydrogen) atoms. The van der Waals surface area contributed by atoms with Gasteiger partial charge in [-0.2, -0.15) is 0 Å². The third-order valence-corrected chi connectivity index (χ3v) is 3.64. The fraction of sp³-hybridized carbons (Fsp3) is 0. The summed E-state index contributed by atoms with van der Waals surface area (Å²) in [4.78, 5) is 0.864. The molecule has 0 spiro atoms. The quantitative estimate of drug-likeness (QED) is 0.673. The van der Waals surface area contributed by atoms with Gasteiger partial charge in [-0.1, -0.05) is 15.9 Å². The van der Waals surface area contributed by atoms with Crippen LogP contribution in [0.25, 0.3) is 0 Å². The van der Waals surface area contributed by atoms with Gasteiger partial charge in [0.05, 0.1) is 0 Å². The molecule has 0 unspecified atom stereocenters. The van der Waals surface area contributed by atoms with Crippen LogP contribution in [0.5, 0.6) is 0 Å². The molecular formula is C6H2Br3S. The van der Waals surface area contributed by atoms with Crippen LogP contribution in [0.3, 0.4) is 0 Å². The standard InChI is InChI=1S/C6H2Br3S/c7-3-1-4(8)6(10)5(9)2-3/h1,10H. The van der Waals surface area contributed by atoms with E-state index in [2.05, 4.69) is 66.5 Å². The Hall–Kier alpha value is 1.01. The highest BCUT2D eigenvalue weighted by molar-refractivity contribution is 9.11. The topological polar surface area (TPSA) is 0 Å². The van der Waals surface area contributed by atoms with E-state index in [1.54, 1.807) is 0 Å². The molecule has 0 nitrogen and oxygen atoms in total. The van der Waals surface area contributed by atoms with Crippen molar-refractivity contribution < 1.29 is 0 Å². The summed E-state index contributed by atoms with van der Waals surface area (Å²) < 4.78 is 2.72. The summed E-state index contributed by atoms with van der Waals surface area (Å²) in [6.07, 6.45) is 0. The summed E-state index contributed by atoms with van der Waals surface area (Å²) in [5.41, 5.74) is 0. The molecule has 0 atom stereocenters. The molecular weight excluding hydrogens is 344 g/mol. The maximum atomic E-state index is 4.21. The fourth-order valence-electron chi connectivity index (χ4n) is 0.485. The molecule has 1 aromatic carbocycles. The van der Waals surface area contributed by atoms with Crippen LogP contribution in [0.15, 0.2) is 24.4 Å². The first-order valence-corrected chi connectivity index (χ1v) is 5.19. The third-order valence-electron chi connectivity index (χ3n) is 0.917. The van der Waals surface area contributed by atoms with Crippen molar-refractivity contribution in [3.8, 4) is 0 Å². The molecule has 0 bridgehead atoms. The molecule has 1 rings (SSSR count). The lowest BCUT2D eigenvalue weighted by Crippen LogP contribution is -1.74. The molecule has 0 N–H and O–H groups in total. The first kappa shape index (κ1) is 9.10. The van der Waals surface area contributed by atoms with Crippen molar-refractivity contribution in [3.05, 3.63) is 25.6 Å². The van der Waals surface area contributed by atoms with Crippen molar-refractivity contribution >= 4 is 60.4 Å². The van der Waals surface area contributed by atoms with Crippen molar-refractivity contribution in [1.82, 2.24) is 0 Å². The second kappa shape index (κ2) is 3.61. The third kappa shape index (κ3) is 2.00. The largest absolute Gasteiger partial charge is 0.141 e. The number of hydrogen-bond acceptors (Lipinski definition) is 1. The van der Waals surface area contributed by atoms with Crippen molar-refractivity contribution in [2.45, 2.75) is 4.90 Å². The van der Waals surface area contributed by atoms with E-state index in [9.17, 15) is 0 Å². The van der Waals surface area contributed by atoms with Gasteiger partial charge in [0.1, 0.15) is 0 Å². The number of benzene rings is 1. The molecule has 0 fully saturated rings. The van der Waals surface area contributed by atoms with Gasteiger partial charge in [0.25, 0.3) is 0 Å². The van der Waals surface area contributed by atoms with E-state index in [0.29, 0.717) is 0 Å². The predicted octanol–water partition coefficient (Wildman–Crippen LogP) is 4.06. The maximum Gasteiger partial charge on any atom is 0.0410 e. The number of thiol groups is 1. The van der Waals surface area contributed by atoms with Crippen molar-refractivity contribution in [2.24, 2.45) is 0 Å². The molecule has 0 aliphatic heterocycles. The molecule has 1 radical (unpaired) electrons. The zero-order valence-corrected chi connectivity index (χ0v) is 10.3. The first-order valence-electron chi connectivity index (χ1n) is 2.37. The molecule has 0 heterocycles. The van der Waals surface area contributed by atoms with Crippen LogP contribution >= 0.6 is 60.4 Å². The first-order chi connectivity index (χ1) is 4.61. The Kier molecular flexibility index (Phi) is 3.28. The van der Waals surface area contributed by atoms with E-state index in [1.807, 2.05) is 6.07 Å². The minimum absolute atomic E-state index is 0.858. The molecule has 53 valence electrons. The van der Waals surface area contributed by atoms with Gasteiger partial charge in [0.2, 0.25) is 0 Å². The van der Waals surface area contributed by atoms with Crippen LogP contribution in [-0.2, 0) is 0 Å². The number of rotatable bonds is 0. The highest BCUT2D eigenvalue weighted by Crippen LogP contribution is 2.31. The predicted molar refractivity (Wildman–Crippen MR) is 55.6 cm³/mol. The summed E-state index contributed by atoms with van der Waals surface area (Å²) in [7, 11) is 0.